The predicted molar refractivity (Wildman–Crippen MR) is 69.2 cm³/mol. The first-order valence-corrected chi connectivity index (χ1v) is 7.29. The third-order valence-electron chi connectivity index (χ3n) is 2.04. The molecule has 0 bridgehead atoms. The molecular weight excluding hydrogens is 326 g/mol. The summed E-state index contributed by atoms with van der Waals surface area (Å²) >= 11 is 3.17. The molecule has 1 aromatic carbocycles. The van der Waals surface area contributed by atoms with E-state index in [1.54, 1.807) is 6.92 Å². The molecule has 1 rings (SSSR count). The topological polar surface area (TPSA) is 73.9 Å². The van der Waals surface area contributed by atoms with E-state index in [-0.39, 0.29) is 11.5 Å². The summed E-state index contributed by atoms with van der Waals surface area (Å²) in [5.41, 5.74) is 0. The number of hydrogen-bond donors (Lipinski definition) is 1. The summed E-state index contributed by atoms with van der Waals surface area (Å²) in [4.78, 5) is 6.72. The molecule has 18 heavy (non-hydrogen) atoms. The molecule has 0 heterocycles. The molecule has 6 nitrogen and oxygen atoms in total. The van der Waals surface area contributed by atoms with Crippen LogP contribution in [0.3, 0.4) is 0 Å². The monoisotopic (exact) mass is 339 g/mol. The predicted octanol–water partition coefficient (Wildman–Crippen LogP) is 1.70. The van der Waals surface area contributed by atoms with Crippen LogP contribution in [0.2, 0.25) is 0 Å². The van der Waals surface area contributed by atoms with Crippen LogP contribution in [-0.4, -0.2) is 29.2 Å². The van der Waals surface area contributed by atoms with Gasteiger partial charge in [0.1, 0.15) is 4.90 Å². The lowest BCUT2D eigenvalue weighted by atomic mass is 10.3. The molecule has 0 saturated heterocycles. The molecular formula is C10H14BrNO5S. The highest BCUT2D eigenvalue weighted by atomic mass is 79.9. The van der Waals surface area contributed by atoms with Crippen molar-refractivity contribution >= 4 is 26.0 Å². The average molecular weight is 340 g/mol. The van der Waals surface area contributed by atoms with Crippen LogP contribution in [0.1, 0.15) is 6.92 Å². The van der Waals surface area contributed by atoms with Crippen LogP contribution in [0.15, 0.2) is 21.5 Å². The summed E-state index contributed by atoms with van der Waals surface area (Å²) in [7, 11) is -0.867. The van der Waals surface area contributed by atoms with E-state index in [2.05, 4.69) is 15.9 Å². The zero-order valence-electron chi connectivity index (χ0n) is 10.2. The van der Waals surface area contributed by atoms with Crippen molar-refractivity contribution in [3.05, 3.63) is 16.6 Å². The SMILES string of the molecule is CCONS(=O)(=O)c1cc(OC)c(OC)cc1Br. The second-order valence-electron chi connectivity index (χ2n) is 3.16. The number of hydrogen-bond acceptors (Lipinski definition) is 5. The second kappa shape index (κ2) is 6.37. The van der Waals surface area contributed by atoms with Gasteiger partial charge < -0.3 is 9.47 Å². The van der Waals surface area contributed by atoms with E-state index in [1.807, 2.05) is 4.89 Å². The van der Waals surface area contributed by atoms with Crippen molar-refractivity contribution in [1.29, 1.82) is 0 Å². The van der Waals surface area contributed by atoms with Crippen molar-refractivity contribution in [2.75, 3.05) is 20.8 Å². The van der Waals surface area contributed by atoms with E-state index in [4.69, 9.17) is 14.3 Å². The van der Waals surface area contributed by atoms with Gasteiger partial charge in [0.15, 0.2) is 11.5 Å². The summed E-state index contributed by atoms with van der Waals surface area (Å²) in [5, 5.41) is 0. The zero-order chi connectivity index (χ0) is 13.8. The Labute approximate surface area is 114 Å². The Morgan fingerprint density at radius 3 is 2.28 bits per heavy atom. The van der Waals surface area contributed by atoms with E-state index >= 15 is 0 Å². The summed E-state index contributed by atoms with van der Waals surface area (Å²) in [6, 6.07) is 2.86. The lowest BCUT2D eigenvalue weighted by molar-refractivity contribution is 0.105. The van der Waals surface area contributed by atoms with Crippen LogP contribution < -0.4 is 14.4 Å². The highest BCUT2D eigenvalue weighted by Crippen LogP contribution is 2.35. The van der Waals surface area contributed by atoms with E-state index in [9.17, 15) is 8.42 Å². The highest BCUT2D eigenvalue weighted by Gasteiger charge is 2.21. The van der Waals surface area contributed by atoms with Gasteiger partial charge >= 0.3 is 0 Å². The van der Waals surface area contributed by atoms with Gasteiger partial charge in [-0.3, -0.25) is 4.84 Å². The Balaban J connectivity index is 3.25. The molecule has 0 aliphatic rings. The number of sulfonamides is 1. The number of nitrogens with one attached hydrogen (secondary N) is 1. The fraction of sp³-hybridized carbons (Fsp3) is 0.400. The zero-order valence-corrected chi connectivity index (χ0v) is 12.6. The number of ether oxygens (including phenoxy) is 2. The van der Waals surface area contributed by atoms with Gasteiger partial charge in [-0.1, -0.05) is 4.89 Å². The van der Waals surface area contributed by atoms with E-state index < -0.39 is 10.0 Å². The van der Waals surface area contributed by atoms with Gasteiger partial charge in [-0.15, -0.1) is 0 Å². The van der Waals surface area contributed by atoms with E-state index in [0.29, 0.717) is 16.0 Å². The molecule has 0 radical (unpaired) electrons. The minimum atomic E-state index is -3.77. The molecule has 0 aromatic heterocycles. The fourth-order valence-corrected chi connectivity index (χ4v) is 3.13. The van der Waals surface area contributed by atoms with Gasteiger partial charge in [-0.25, -0.2) is 8.42 Å². The van der Waals surface area contributed by atoms with Crippen molar-refractivity contribution in [3.63, 3.8) is 0 Å². The molecule has 0 atom stereocenters. The minimum absolute atomic E-state index is 0.00796. The Kier molecular flexibility index (Phi) is 5.39. The third-order valence-corrected chi connectivity index (χ3v) is 4.21. The van der Waals surface area contributed by atoms with Crippen LogP contribution in [0.25, 0.3) is 0 Å². The van der Waals surface area contributed by atoms with Crippen LogP contribution in [0, 0.1) is 0 Å². The van der Waals surface area contributed by atoms with Crippen molar-refractivity contribution in [1.82, 2.24) is 4.89 Å². The molecule has 0 fully saturated rings. The molecule has 0 saturated carbocycles. The Morgan fingerprint density at radius 2 is 1.78 bits per heavy atom. The van der Waals surface area contributed by atoms with Crippen LogP contribution in [-0.2, 0) is 14.9 Å². The summed E-state index contributed by atoms with van der Waals surface area (Å²) in [5.74, 6) is 0.748. The van der Waals surface area contributed by atoms with Crippen molar-refractivity contribution < 1.29 is 22.7 Å². The third kappa shape index (κ3) is 3.35. The fourth-order valence-electron chi connectivity index (χ4n) is 1.22. The first-order chi connectivity index (χ1) is 8.46. The van der Waals surface area contributed by atoms with Crippen molar-refractivity contribution in [2.45, 2.75) is 11.8 Å². The molecule has 0 aliphatic carbocycles. The smallest absolute Gasteiger partial charge is 0.263 e. The van der Waals surface area contributed by atoms with Crippen LogP contribution >= 0.6 is 15.9 Å². The first-order valence-electron chi connectivity index (χ1n) is 5.01. The van der Waals surface area contributed by atoms with Crippen LogP contribution in [0.4, 0.5) is 0 Å². The number of rotatable bonds is 6. The maximum atomic E-state index is 11.9. The first kappa shape index (κ1) is 15.2. The van der Waals surface area contributed by atoms with Gasteiger partial charge in [-0.05, 0) is 28.9 Å². The number of methoxy groups -OCH3 is 2. The van der Waals surface area contributed by atoms with Gasteiger partial charge in [0.2, 0.25) is 0 Å². The minimum Gasteiger partial charge on any atom is -0.493 e. The number of benzene rings is 1. The Bertz CT molecular complexity index is 517. The second-order valence-corrected chi connectivity index (χ2v) is 5.63. The Morgan fingerprint density at radius 1 is 1.22 bits per heavy atom. The van der Waals surface area contributed by atoms with Crippen LogP contribution in [0.5, 0.6) is 11.5 Å². The molecule has 1 aromatic rings. The average Bonchev–Trinajstić information content (AvgIpc) is 2.35. The molecule has 0 unspecified atom stereocenters. The normalized spacial score (nSPS) is 11.3. The quantitative estimate of drug-likeness (QED) is 0.798. The molecule has 0 spiro atoms. The summed E-state index contributed by atoms with van der Waals surface area (Å²) < 4.78 is 34.3. The van der Waals surface area contributed by atoms with E-state index in [1.165, 1.54) is 26.4 Å². The lowest BCUT2D eigenvalue weighted by Gasteiger charge is -2.12. The number of halogens is 1. The summed E-state index contributed by atoms with van der Waals surface area (Å²) in [6.07, 6.45) is 0. The summed E-state index contributed by atoms with van der Waals surface area (Å²) in [6.45, 7) is 1.90. The molecule has 0 amide bonds. The maximum Gasteiger partial charge on any atom is 0.263 e. The maximum absolute atomic E-state index is 11.9. The lowest BCUT2D eigenvalue weighted by Crippen LogP contribution is -2.24. The van der Waals surface area contributed by atoms with Crippen molar-refractivity contribution in [3.8, 4) is 11.5 Å². The molecule has 1 N–H and O–H groups in total. The molecule has 102 valence electrons. The van der Waals surface area contributed by atoms with Gasteiger partial charge in [0.25, 0.3) is 10.0 Å². The highest BCUT2D eigenvalue weighted by molar-refractivity contribution is 9.10. The molecule has 8 heteroatoms. The van der Waals surface area contributed by atoms with Crippen molar-refractivity contribution in [2.24, 2.45) is 0 Å². The van der Waals surface area contributed by atoms with Gasteiger partial charge in [-0.2, -0.15) is 0 Å². The van der Waals surface area contributed by atoms with E-state index in [0.717, 1.165) is 0 Å². The van der Waals surface area contributed by atoms with Gasteiger partial charge in [0, 0.05) is 10.5 Å². The largest absolute Gasteiger partial charge is 0.493 e. The van der Waals surface area contributed by atoms with Gasteiger partial charge in [0.05, 0.1) is 20.8 Å². The Hall–Kier alpha value is -0.830. The molecule has 0 aliphatic heterocycles. The standard InChI is InChI=1S/C10H14BrNO5S/c1-4-17-12-18(13,14)10-6-9(16-3)8(15-2)5-7(10)11/h5-6,12H,4H2,1-3H3.